The maximum absolute atomic E-state index is 13.3. The fourth-order valence-corrected chi connectivity index (χ4v) is 5.25. The summed E-state index contributed by atoms with van der Waals surface area (Å²) in [4.78, 5) is 16.7. The second-order valence-electron chi connectivity index (χ2n) is 7.82. The van der Waals surface area contributed by atoms with Crippen molar-refractivity contribution in [2.75, 3.05) is 20.2 Å². The van der Waals surface area contributed by atoms with Gasteiger partial charge in [-0.2, -0.15) is 4.31 Å². The maximum atomic E-state index is 13.3. The molecule has 1 fully saturated rings. The van der Waals surface area contributed by atoms with Crippen LogP contribution in [-0.4, -0.2) is 43.8 Å². The lowest BCUT2D eigenvalue weighted by Gasteiger charge is -2.31. The Balaban J connectivity index is 1.65. The van der Waals surface area contributed by atoms with Gasteiger partial charge in [0.25, 0.3) is 0 Å². The van der Waals surface area contributed by atoms with E-state index in [-0.39, 0.29) is 22.6 Å². The Hall–Kier alpha value is -2.45. The minimum atomic E-state index is -3.70. The fraction of sp³-hybridized carbons (Fsp3) is 0.455. The van der Waals surface area contributed by atoms with Crippen molar-refractivity contribution in [3.05, 3.63) is 53.9 Å². The van der Waals surface area contributed by atoms with Crippen LogP contribution in [-0.2, 0) is 21.4 Å². The van der Waals surface area contributed by atoms with Crippen LogP contribution in [0.1, 0.15) is 43.7 Å². The molecule has 7 nitrogen and oxygen atoms in total. The molecule has 0 atom stereocenters. The van der Waals surface area contributed by atoms with Crippen molar-refractivity contribution in [1.29, 1.82) is 0 Å². The number of pyridine rings is 1. The number of nitrogens with zero attached hydrogens (tertiary/aromatic N) is 2. The monoisotopic (exact) mass is 431 g/mol. The zero-order chi connectivity index (χ0) is 21.7. The standard InChI is InChI=1S/C22H29N3O4S/c1-16(2)19-4-5-20(29-3)21(14-19)30(27,28)25-12-8-18(9-13-25)22(26)24-15-17-6-10-23-11-7-17/h4-7,10-11,14,16,18H,8-9,12-13,15H2,1-3H3,(H,24,26). The Morgan fingerprint density at radius 3 is 2.47 bits per heavy atom. The zero-order valence-electron chi connectivity index (χ0n) is 17.7. The van der Waals surface area contributed by atoms with E-state index in [1.54, 1.807) is 24.5 Å². The number of hydrogen-bond donors (Lipinski definition) is 1. The van der Waals surface area contributed by atoms with Gasteiger partial charge < -0.3 is 10.1 Å². The highest BCUT2D eigenvalue weighted by Gasteiger charge is 2.33. The Bertz CT molecular complexity index is 969. The van der Waals surface area contributed by atoms with Crippen LogP contribution in [0.4, 0.5) is 0 Å². The third-order valence-electron chi connectivity index (χ3n) is 5.51. The van der Waals surface area contributed by atoms with E-state index in [1.165, 1.54) is 11.4 Å². The Kier molecular flexibility index (Phi) is 7.10. The van der Waals surface area contributed by atoms with Crippen molar-refractivity contribution in [2.45, 2.75) is 44.0 Å². The van der Waals surface area contributed by atoms with Crippen LogP contribution in [0.2, 0.25) is 0 Å². The average Bonchev–Trinajstić information content (AvgIpc) is 2.77. The van der Waals surface area contributed by atoms with Crippen molar-refractivity contribution in [1.82, 2.24) is 14.6 Å². The number of sulfonamides is 1. The molecule has 1 aromatic heterocycles. The lowest BCUT2D eigenvalue weighted by molar-refractivity contribution is -0.126. The molecule has 1 aromatic carbocycles. The maximum Gasteiger partial charge on any atom is 0.246 e. The Morgan fingerprint density at radius 2 is 1.87 bits per heavy atom. The van der Waals surface area contributed by atoms with Crippen LogP contribution in [0.15, 0.2) is 47.6 Å². The first-order valence-electron chi connectivity index (χ1n) is 10.2. The van der Waals surface area contributed by atoms with E-state index >= 15 is 0 Å². The highest BCUT2D eigenvalue weighted by atomic mass is 32.2. The highest BCUT2D eigenvalue weighted by Crippen LogP contribution is 2.32. The number of piperidine rings is 1. The lowest BCUT2D eigenvalue weighted by Crippen LogP contribution is -2.43. The molecule has 2 aromatic rings. The Morgan fingerprint density at radius 1 is 1.20 bits per heavy atom. The predicted molar refractivity (Wildman–Crippen MR) is 115 cm³/mol. The van der Waals surface area contributed by atoms with Crippen molar-refractivity contribution in [3.63, 3.8) is 0 Å². The molecule has 0 unspecified atom stereocenters. The number of hydrogen-bond acceptors (Lipinski definition) is 5. The van der Waals surface area contributed by atoms with E-state index in [0.717, 1.165) is 11.1 Å². The topological polar surface area (TPSA) is 88.6 Å². The predicted octanol–water partition coefficient (Wildman–Crippen LogP) is 2.93. The normalized spacial score (nSPS) is 15.9. The van der Waals surface area contributed by atoms with Gasteiger partial charge >= 0.3 is 0 Å². The average molecular weight is 432 g/mol. The van der Waals surface area contributed by atoms with Crippen molar-refractivity contribution < 1.29 is 17.9 Å². The number of nitrogens with one attached hydrogen (secondary N) is 1. The lowest BCUT2D eigenvalue weighted by atomic mass is 9.97. The summed E-state index contributed by atoms with van der Waals surface area (Å²) in [6.07, 6.45) is 4.36. The van der Waals surface area contributed by atoms with Crippen LogP contribution in [0, 0.1) is 5.92 Å². The molecule has 3 rings (SSSR count). The molecule has 1 aliphatic heterocycles. The van der Waals surface area contributed by atoms with E-state index < -0.39 is 10.0 Å². The third-order valence-corrected chi connectivity index (χ3v) is 7.43. The molecule has 1 N–H and O–H groups in total. The van der Waals surface area contributed by atoms with Crippen LogP contribution in [0.3, 0.4) is 0 Å². The van der Waals surface area contributed by atoms with E-state index in [2.05, 4.69) is 10.3 Å². The second-order valence-corrected chi connectivity index (χ2v) is 9.72. The first-order chi connectivity index (χ1) is 14.3. The molecular weight excluding hydrogens is 402 g/mol. The van der Waals surface area contributed by atoms with Gasteiger partial charge in [-0.3, -0.25) is 9.78 Å². The number of benzene rings is 1. The summed E-state index contributed by atoms with van der Waals surface area (Å²) in [5.74, 6) is 0.321. The number of aromatic nitrogens is 1. The number of rotatable bonds is 7. The second kappa shape index (κ2) is 9.57. The third kappa shape index (κ3) is 4.99. The van der Waals surface area contributed by atoms with Gasteiger partial charge in [-0.15, -0.1) is 0 Å². The fourth-order valence-electron chi connectivity index (χ4n) is 3.59. The van der Waals surface area contributed by atoms with E-state index in [0.29, 0.717) is 38.2 Å². The molecule has 1 saturated heterocycles. The molecule has 0 radical (unpaired) electrons. The van der Waals surface area contributed by atoms with Gasteiger partial charge in [-0.25, -0.2) is 8.42 Å². The van der Waals surface area contributed by atoms with Gasteiger partial charge in [-0.1, -0.05) is 19.9 Å². The summed E-state index contributed by atoms with van der Waals surface area (Å²) in [5.41, 5.74) is 1.93. The number of ether oxygens (including phenoxy) is 1. The number of methoxy groups -OCH3 is 1. The summed E-state index contributed by atoms with van der Waals surface area (Å²) >= 11 is 0. The largest absolute Gasteiger partial charge is 0.495 e. The van der Waals surface area contributed by atoms with E-state index in [1.807, 2.05) is 32.0 Å². The summed E-state index contributed by atoms with van der Waals surface area (Å²) < 4.78 is 33.3. The van der Waals surface area contributed by atoms with E-state index in [4.69, 9.17) is 4.74 Å². The molecule has 162 valence electrons. The van der Waals surface area contributed by atoms with Gasteiger partial charge in [0.05, 0.1) is 7.11 Å². The summed E-state index contributed by atoms with van der Waals surface area (Å²) in [6, 6.07) is 9.01. The SMILES string of the molecule is COc1ccc(C(C)C)cc1S(=O)(=O)N1CCC(C(=O)NCc2ccncc2)CC1. The van der Waals surface area contributed by atoms with Gasteiger partial charge in [0.15, 0.2) is 0 Å². The van der Waals surface area contributed by atoms with E-state index in [9.17, 15) is 13.2 Å². The Labute approximate surface area is 178 Å². The van der Waals surface area contributed by atoms with Gasteiger partial charge in [0, 0.05) is 37.9 Å². The number of carbonyl (C=O) groups is 1. The summed E-state index contributed by atoms with van der Waals surface area (Å²) in [7, 11) is -2.22. The smallest absolute Gasteiger partial charge is 0.246 e. The first kappa shape index (κ1) is 22.2. The molecule has 1 amide bonds. The quantitative estimate of drug-likeness (QED) is 0.728. The summed E-state index contributed by atoms with van der Waals surface area (Å²) in [6.45, 7) is 5.11. The molecule has 0 saturated carbocycles. The first-order valence-corrected chi connectivity index (χ1v) is 11.6. The molecule has 30 heavy (non-hydrogen) atoms. The van der Waals surface area contributed by atoms with Gasteiger partial charge in [0.1, 0.15) is 10.6 Å². The minimum Gasteiger partial charge on any atom is -0.495 e. The van der Waals surface area contributed by atoms with Crippen LogP contribution in [0.25, 0.3) is 0 Å². The van der Waals surface area contributed by atoms with Crippen molar-refractivity contribution in [2.24, 2.45) is 5.92 Å². The zero-order valence-corrected chi connectivity index (χ0v) is 18.5. The van der Waals surface area contributed by atoms with Crippen LogP contribution < -0.4 is 10.1 Å². The molecule has 0 aliphatic carbocycles. The number of carbonyl (C=O) groups excluding carboxylic acids is 1. The van der Waals surface area contributed by atoms with Crippen LogP contribution >= 0.6 is 0 Å². The molecule has 0 spiro atoms. The van der Waals surface area contributed by atoms with Gasteiger partial charge in [0.2, 0.25) is 15.9 Å². The van der Waals surface area contributed by atoms with Crippen molar-refractivity contribution in [3.8, 4) is 5.75 Å². The van der Waals surface area contributed by atoms with Crippen LogP contribution in [0.5, 0.6) is 5.75 Å². The summed E-state index contributed by atoms with van der Waals surface area (Å²) in [5, 5.41) is 2.94. The molecular formula is C22H29N3O4S. The minimum absolute atomic E-state index is 0.0387. The molecule has 0 bridgehead atoms. The van der Waals surface area contributed by atoms with Gasteiger partial charge in [-0.05, 0) is 54.2 Å². The molecule has 1 aliphatic rings. The number of amides is 1. The molecule has 8 heteroatoms. The molecule has 2 heterocycles. The van der Waals surface area contributed by atoms with Crippen molar-refractivity contribution >= 4 is 15.9 Å². The highest BCUT2D eigenvalue weighted by molar-refractivity contribution is 7.89.